The number of aryl methyl sites for hydroxylation is 1. The number of hydrogen-bond acceptors (Lipinski definition) is 3. The predicted molar refractivity (Wildman–Crippen MR) is 124 cm³/mol. The third-order valence-electron chi connectivity index (χ3n) is 5.04. The second kappa shape index (κ2) is 8.75. The van der Waals surface area contributed by atoms with Crippen LogP contribution in [0.1, 0.15) is 12.5 Å². The van der Waals surface area contributed by atoms with Crippen LogP contribution >= 0.6 is 0 Å². The summed E-state index contributed by atoms with van der Waals surface area (Å²) in [6, 6.07) is 21.3. The quantitative estimate of drug-likeness (QED) is 0.442. The number of rotatable bonds is 7. The van der Waals surface area contributed by atoms with E-state index in [9.17, 15) is 9.59 Å². The number of fused-ring (bicyclic) bond motifs is 3. The molecule has 1 aromatic heterocycles. The van der Waals surface area contributed by atoms with Crippen LogP contribution in [-0.2, 0) is 16.1 Å². The van der Waals surface area contributed by atoms with Crippen molar-refractivity contribution >= 4 is 45.4 Å². The summed E-state index contributed by atoms with van der Waals surface area (Å²) in [5.41, 5.74) is 8.98. The van der Waals surface area contributed by atoms with Crippen LogP contribution in [0.5, 0.6) is 5.75 Å². The molecule has 0 bridgehead atoms. The van der Waals surface area contributed by atoms with Gasteiger partial charge in [0.25, 0.3) is 5.91 Å². The number of ether oxygens (including phenoxy) is 1. The van der Waals surface area contributed by atoms with Gasteiger partial charge in [-0.15, -0.1) is 0 Å². The molecule has 0 atom stereocenters. The zero-order valence-electron chi connectivity index (χ0n) is 17.2. The Hall–Kier alpha value is -4.06. The number of carbonyl (C=O) groups excluding carboxylic acids is 2. The van der Waals surface area contributed by atoms with Crippen molar-refractivity contribution in [1.29, 1.82) is 0 Å². The van der Waals surface area contributed by atoms with E-state index in [1.807, 2.05) is 30.3 Å². The highest BCUT2D eigenvalue weighted by atomic mass is 16.5. The van der Waals surface area contributed by atoms with Gasteiger partial charge in [0.15, 0.2) is 6.61 Å². The number of benzene rings is 3. The van der Waals surface area contributed by atoms with Crippen molar-refractivity contribution in [2.45, 2.75) is 13.5 Å². The first kappa shape index (κ1) is 20.2. The summed E-state index contributed by atoms with van der Waals surface area (Å²) in [6.07, 6.45) is 3.20. The van der Waals surface area contributed by atoms with Crippen molar-refractivity contribution in [1.82, 2.24) is 4.57 Å². The van der Waals surface area contributed by atoms with Crippen molar-refractivity contribution in [3.05, 3.63) is 78.4 Å². The van der Waals surface area contributed by atoms with Gasteiger partial charge in [-0.05, 0) is 55.0 Å². The Balaban J connectivity index is 1.48. The molecule has 0 saturated heterocycles. The predicted octanol–water partition coefficient (Wildman–Crippen LogP) is 4.33. The third-order valence-corrected chi connectivity index (χ3v) is 5.04. The van der Waals surface area contributed by atoms with Crippen molar-refractivity contribution in [3.63, 3.8) is 0 Å². The zero-order chi connectivity index (χ0) is 21.8. The first-order valence-corrected chi connectivity index (χ1v) is 10.1. The minimum absolute atomic E-state index is 0.168. The highest BCUT2D eigenvalue weighted by molar-refractivity contribution is 6.10. The Morgan fingerprint density at radius 2 is 1.74 bits per heavy atom. The molecule has 31 heavy (non-hydrogen) atoms. The smallest absolute Gasteiger partial charge is 0.255 e. The number of nitrogens with two attached hydrogens (primary N) is 1. The average Bonchev–Trinajstić information content (AvgIpc) is 3.10. The van der Waals surface area contributed by atoms with E-state index >= 15 is 0 Å². The third kappa shape index (κ3) is 4.43. The first-order chi connectivity index (χ1) is 15.0. The summed E-state index contributed by atoms with van der Waals surface area (Å²) in [4.78, 5) is 23.2. The minimum atomic E-state index is -0.530. The molecule has 3 aromatic carbocycles. The summed E-state index contributed by atoms with van der Waals surface area (Å²) in [5.74, 6) is -0.203. The van der Waals surface area contributed by atoms with E-state index in [0.717, 1.165) is 28.7 Å². The molecule has 1 heterocycles. The lowest BCUT2D eigenvalue weighted by molar-refractivity contribution is -0.120. The summed E-state index contributed by atoms with van der Waals surface area (Å²) >= 11 is 0. The molecule has 0 aliphatic carbocycles. The van der Waals surface area contributed by atoms with Gasteiger partial charge in [-0.2, -0.15) is 0 Å². The summed E-state index contributed by atoms with van der Waals surface area (Å²) < 4.78 is 7.49. The second-order valence-electron chi connectivity index (χ2n) is 7.14. The van der Waals surface area contributed by atoms with Gasteiger partial charge >= 0.3 is 0 Å². The average molecular weight is 413 g/mol. The normalized spacial score (nSPS) is 11.3. The molecule has 3 N–H and O–H groups in total. The van der Waals surface area contributed by atoms with E-state index in [1.54, 1.807) is 30.3 Å². The van der Waals surface area contributed by atoms with Crippen LogP contribution in [0, 0.1) is 0 Å². The van der Waals surface area contributed by atoms with Gasteiger partial charge in [0.1, 0.15) is 5.75 Å². The molecular formula is C25H23N3O3. The van der Waals surface area contributed by atoms with Crippen molar-refractivity contribution in [2.75, 3.05) is 11.9 Å². The monoisotopic (exact) mass is 413 g/mol. The molecule has 0 saturated carbocycles. The summed E-state index contributed by atoms with van der Waals surface area (Å²) in [7, 11) is 0. The first-order valence-electron chi connectivity index (χ1n) is 10.1. The van der Waals surface area contributed by atoms with Crippen LogP contribution in [0.15, 0.2) is 72.8 Å². The zero-order valence-corrected chi connectivity index (χ0v) is 17.2. The summed E-state index contributed by atoms with van der Waals surface area (Å²) in [6.45, 7) is 2.84. The van der Waals surface area contributed by atoms with Gasteiger partial charge < -0.3 is 20.4 Å². The largest absolute Gasteiger partial charge is 0.484 e. The van der Waals surface area contributed by atoms with Crippen LogP contribution in [0.3, 0.4) is 0 Å². The van der Waals surface area contributed by atoms with Crippen LogP contribution in [-0.4, -0.2) is 23.0 Å². The van der Waals surface area contributed by atoms with Crippen molar-refractivity contribution < 1.29 is 14.3 Å². The van der Waals surface area contributed by atoms with Crippen LogP contribution in [0.4, 0.5) is 5.69 Å². The minimum Gasteiger partial charge on any atom is -0.484 e. The molecule has 0 spiro atoms. The van der Waals surface area contributed by atoms with Crippen molar-refractivity contribution in [2.24, 2.45) is 5.73 Å². The van der Waals surface area contributed by atoms with Crippen molar-refractivity contribution in [3.8, 4) is 5.75 Å². The lowest BCUT2D eigenvalue weighted by Gasteiger charge is -2.05. The molecule has 0 aliphatic heterocycles. The molecular weight excluding hydrogens is 390 g/mol. The lowest BCUT2D eigenvalue weighted by atomic mass is 10.1. The highest BCUT2D eigenvalue weighted by Crippen LogP contribution is 2.31. The van der Waals surface area contributed by atoms with E-state index < -0.39 is 5.91 Å². The van der Waals surface area contributed by atoms with Gasteiger partial charge in [-0.3, -0.25) is 9.59 Å². The SMILES string of the molecule is CCn1c2ccccc2c2cc(NC(=O)/C=C/c3ccc(OCC(N)=O)cc3)ccc21. The molecule has 4 aromatic rings. The fourth-order valence-corrected chi connectivity index (χ4v) is 3.66. The fourth-order valence-electron chi connectivity index (χ4n) is 3.66. The van der Waals surface area contributed by atoms with Crippen LogP contribution in [0.25, 0.3) is 27.9 Å². The Kier molecular flexibility index (Phi) is 5.71. The maximum Gasteiger partial charge on any atom is 0.255 e. The van der Waals surface area contributed by atoms with E-state index in [-0.39, 0.29) is 12.5 Å². The molecule has 6 heteroatoms. The number of nitrogens with zero attached hydrogens (tertiary/aromatic N) is 1. The van der Waals surface area contributed by atoms with Crippen LogP contribution in [0.2, 0.25) is 0 Å². The Labute approximate surface area is 179 Å². The maximum absolute atomic E-state index is 12.4. The van der Waals surface area contributed by atoms with E-state index in [2.05, 4.69) is 28.9 Å². The molecule has 156 valence electrons. The molecule has 6 nitrogen and oxygen atoms in total. The number of amides is 2. The Morgan fingerprint density at radius 3 is 2.48 bits per heavy atom. The Morgan fingerprint density at radius 1 is 1.00 bits per heavy atom. The summed E-state index contributed by atoms with van der Waals surface area (Å²) in [5, 5.41) is 5.22. The van der Waals surface area contributed by atoms with Gasteiger partial charge in [-0.1, -0.05) is 30.3 Å². The topological polar surface area (TPSA) is 86.3 Å². The van der Waals surface area contributed by atoms with Gasteiger partial charge in [0.05, 0.1) is 0 Å². The number of primary amides is 1. The molecule has 2 amide bonds. The number of aromatic nitrogens is 1. The van der Waals surface area contributed by atoms with E-state index in [1.165, 1.54) is 17.0 Å². The van der Waals surface area contributed by atoms with Crippen LogP contribution < -0.4 is 15.8 Å². The lowest BCUT2D eigenvalue weighted by Crippen LogP contribution is -2.19. The maximum atomic E-state index is 12.4. The molecule has 4 rings (SSSR count). The standard InChI is InChI=1S/C25H23N3O3/c1-2-28-22-6-4-3-5-20(22)21-15-18(10-13-23(21)28)27-25(30)14-9-17-7-11-19(12-8-17)31-16-24(26)29/h3-15H,2,16H2,1H3,(H2,26,29)(H,27,30)/b14-9+. The van der Waals surface area contributed by atoms with Gasteiger partial charge in [0.2, 0.25) is 5.91 Å². The number of hydrogen-bond donors (Lipinski definition) is 2. The van der Waals surface area contributed by atoms with Gasteiger partial charge in [-0.25, -0.2) is 0 Å². The number of nitrogens with one attached hydrogen (secondary N) is 1. The molecule has 0 unspecified atom stereocenters. The molecule has 0 radical (unpaired) electrons. The number of carbonyl (C=O) groups is 2. The van der Waals surface area contributed by atoms with E-state index in [4.69, 9.17) is 10.5 Å². The molecule has 0 fully saturated rings. The number of anilines is 1. The Bertz CT molecular complexity index is 1290. The molecule has 0 aliphatic rings. The second-order valence-corrected chi connectivity index (χ2v) is 7.14. The highest BCUT2D eigenvalue weighted by Gasteiger charge is 2.10. The number of para-hydroxylation sites is 1. The van der Waals surface area contributed by atoms with E-state index in [0.29, 0.717) is 5.75 Å². The fraction of sp³-hybridized carbons (Fsp3) is 0.120. The van der Waals surface area contributed by atoms with Gasteiger partial charge in [0, 0.05) is 40.1 Å².